The molecule has 6 rings (SSSR count). The fourth-order valence-corrected chi connectivity index (χ4v) is 8.49. The van der Waals surface area contributed by atoms with E-state index < -0.39 is 11.8 Å². The Kier molecular flexibility index (Phi) is 9.96. The molecule has 0 aliphatic carbocycles. The van der Waals surface area contributed by atoms with Crippen molar-refractivity contribution in [3.8, 4) is 5.75 Å². The molecule has 3 N–H and O–H groups in total. The van der Waals surface area contributed by atoms with Crippen molar-refractivity contribution in [2.75, 3.05) is 44.6 Å². The largest absolute Gasteiger partial charge is 0.507 e. The average molecular weight is 683 g/mol. The number of carbonyl (C=O) groups is 3. The van der Waals surface area contributed by atoms with Crippen molar-refractivity contribution in [3.05, 3.63) is 58.1 Å². The van der Waals surface area contributed by atoms with Gasteiger partial charge in [0.1, 0.15) is 24.3 Å². The van der Waals surface area contributed by atoms with E-state index >= 15 is 0 Å². The highest BCUT2D eigenvalue weighted by atomic mass is 79.9. The molecule has 4 aliphatic heterocycles. The predicted octanol–water partition coefficient (Wildman–Crippen LogP) is 5.34. The number of ether oxygens (including phenoxy) is 1. The summed E-state index contributed by atoms with van der Waals surface area (Å²) in [5, 5.41) is 16.5. The fraction of sp³-hybridized carbons (Fsp3) is 0.559. The Labute approximate surface area is 273 Å². The number of rotatable bonds is 7. The summed E-state index contributed by atoms with van der Waals surface area (Å²) in [6.07, 6.45) is 6.88. The lowest BCUT2D eigenvalue weighted by molar-refractivity contribution is -0.128. The zero-order chi connectivity index (χ0) is 31.4. The van der Waals surface area contributed by atoms with Crippen LogP contribution in [0.15, 0.2) is 46.9 Å². The van der Waals surface area contributed by atoms with Gasteiger partial charge in [0.25, 0.3) is 0 Å². The summed E-state index contributed by atoms with van der Waals surface area (Å²) in [5.41, 5.74) is 1.79. The summed E-state index contributed by atoms with van der Waals surface area (Å²) >= 11 is 3.33. The van der Waals surface area contributed by atoms with Crippen molar-refractivity contribution in [1.29, 1.82) is 0 Å². The number of benzene rings is 2. The second kappa shape index (κ2) is 14.1. The van der Waals surface area contributed by atoms with E-state index in [1.807, 2.05) is 29.2 Å². The van der Waals surface area contributed by atoms with Gasteiger partial charge in [-0.25, -0.2) is 9.59 Å². The number of nitrogens with zero attached hydrogens (tertiary/aromatic N) is 3. The number of hydrogen-bond acceptors (Lipinski definition) is 7. The molecule has 0 aromatic heterocycles. The number of nitrogens with one attached hydrogen (secondary N) is 2. The minimum atomic E-state index is -0.893. The average Bonchev–Trinajstić information content (AvgIpc) is 3.23. The van der Waals surface area contributed by atoms with E-state index in [0.717, 1.165) is 68.5 Å². The number of amides is 3. The molecule has 2 aromatic carbocycles. The zero-order valence-electron chi connectivity index (χ0n) is 25.8. The molecule has 10 nitrogen and oxygen atoms in total. The van der Waals surface area contributed by atoms with E-state index in [1.165, 1.54) is 12.8 Å². The van der Waals surface area contributed by atoms with E-state index in [0.29, 0.717) is 42.2 Å². The van der Waals surface area contributed by atoms with Crippen molar-refractivity contribution < 1.29 is 24.2 Å². The van der Waals surface area contributed by atoms with Crippen molar-refractivity contribution >= 4 is 40.0 Å². The Balaban J connectivity index is 1.24. The van der Waals surface area contributed by atoms with Crippen LogP contribution in [0.3, 0.4) is 0 Å². The smallest absolute Gasteiger partial charge is 0.411 e. The quantitative estimate of drug-likeness (QED) is 0.338. The van der Waals surface area contributed by atoms with Crippen LogP contribution in [0.4, 0.5) is 15.3 Å². The maximum Gasteiger partial charge on any atom is 0.411 e. The number of halogens is 1. The molecule has 3 amide bonds. The number of urea groups is 1. The van der Waals surface area contributed by atoms with Crippen molar-refractivity contribution in [3.63, 3.8) is 0 Å². The minimum Gasteiger partial charge on any atom is -0.507 e. The first-order chi connectivity index (χ1) is 21.9. The number of phenols is 1. The van der Waals surface area contributed by atoms with Crippen LogP contribution in [-0.2, 0) is 22.6 Å². The van der Waals surface area contributed by atoms with Gasteiger partial charge < -0.3 is 30.2 Å². The highest BCUT2D eigenvalue weighted by molar-refractivity contribution is 9.10. The number of anilines is 1. The van der Waals surface area contributed by atoms with Gasteiger partial charge in [0, 0.05) is 50.7 Å². The highest BCUT2D eigenvalue weighted by Crippen LogP contribution is 2.41. The number of carbonyl (C=O) groups excluding carboxylic acids is 3. The third-order valence-corrected chi connectivity index (χ3v) is 11.2. The second-order valence-corrected chi connectivity index (χ2v) is 13.8. The van der Waals surface area contributed by atoms with Gasteiger partial charge in [-0.05, 0) is 109 Å². The summed E-state index contributed by atoms with van der Waals surface area (Å²) in [7, 11) is 0. The molecular formula is C34H44BrN5O5. The van der Waals surface area contributed by atoms with Crippen LogP contribution in [0.25, 0.3) is 0 Å². The number of aldehydes is 1. The van der Waals surface area contributed by atoms with Crippen molar-refractivity contribution in [2.45, 2.75) is 69.7 Å². The van der Waals surface area contributed by atoms with E-state index in [1.54, 1.807) is 23.1 Å². The highest BCUT2D eigenvalue weighted by Gasteiger charge is 2.52. The lowest BCUT2D eigenvalue weighted by atomic mass is 9.77. The molecule has 0 radical (unpaired) electrons. The molecule has 45 heavy (non-hydrogen) atoms. The Morgan fingerprint density at radius 3 is 2.53 bits per heavy atom. The van der Waals surface area contributed by atoms with Gasteiger partial charge in [0.05, 0.1) is 4.47 Å². The van der Waals surface area contributed by atoms with Crippen molar-refractivity contribution in [1.82, 2.24) is 20.0 Å². The van der Waals surface area contributed by atoms with Crippen LogP contribution in [-0.4, -0.2) is 89.2 Å². The summed E-state index contributed by atoms with van der Waals surface area (Å²) < 4.78 is 6.41. The monoisotopic (exact) mass is 681 g/mol. The van der Waals surface area contributed by atoms with E-state index in [2.05, 4.69) is 31.5 Å². The van der Waals surface area contributed by atoms with Gasteiger partial charge >= 0.3 is 12.1 Å². The van der Waals surface area contributed by atoms with Crippen LogP contribution in [0.2, 0.25) is 0 Å². The topological polar surface area (TPSA) is 114 Å². The molecule has 242 valence electrons. The van der Waals surface area contributed by atoms with Gasteiger partial charge in [-0.3, -0.25) is 9.80 Å². The number of hydrogen-bond donors (Lipinski definition) is 3. The molecule has 4 heterocycles. The first-order valence-corrected chi connectivity index (χ1v) is 17.1. The molecular weight excluding hydrogens is 638 g/mol. The molecule has 11 heteroatoms. The Bertz CT molecular complexity index is 1380. The fourth-order valence-electron chi connectivity index (χ4n) is 8.06. The number of aromatic hydroxyl groups is 1. The molecule has 0 spiro atoms. The van der Waals surface area contributed by atoms with E-state index in [4.69, 9.17) is 4.74 Å². The van der Waals surface area contributed by atoms with Crippen LogP contribution in [0, 0.1) is 11.8 Å². The Morgan fingerprint density at radius 2 is 1.78 bits per heavy atom. The SMILES string of the molecule is O=CC[C@@]1(N2CCC(C3CCNCC3)CC2)C[C@H](N2CCc3ccccc3NC2=O)CCN1C(=O)OCc1ccc(O)c(Br)c1. The third kappa shape index (κ3) is 6.85. The van der Waals surface area contributed by atoms with Gasteiger partial charge in [-0.1, -0.05) is 24.3 Å². The molecule has 0 unspecified atom stereocenters. The normalized spacial score (nSPS) is 25.3. The molecule has 2 aromatic rings. The van der Waals surface area contributed by atoms with E-state index in [-0.39, 0.29) is 30.9 Å². The molecule has 0 bridgehead atoms. The Morgan fingerprint density at radius 1 is 1.02 bits per heavy atom. The maximum atomic E-state index is 13.9. The van der Waals surface area contributed by atoms with Crippen molar-refractivity contribution in [2.24, 2.45) is 11.8 Å². The van der Waals surface area contributed by atoms with Crippen LogP contribution < -0.4 is 10.6 Å². The first-order valence-electron chi connectivity index (χ1n) is 16.3. The number of phenolic OH excluding ortho intramolecular Hbond substituents is 1. The third-order valence-electron chi connectivity index (χ3n) is 10.5. The lowest BCUT2D eigenvalue weighted by Crippen LogP contribution is -2.69. The molecule has 4 aliphatic rings. The standard InChI is InChI=1S/C34H44BrN5O5/c35-29-21-24(5-6-31(29)42)23-45-33(44)40-19-12-28(39-18-11-27-3-1-2-4-30(27)37-32(39)43)22-34(40,13-20-41)38-16-9-26(10-17-38)25-7-14-36-15-8-25/h1-6,20-21,25-26,28,36,42H,7-19,22-23H2,(H,37,43)/t28-,34+/m1/s1. The maximum absolute atomic E-state index is 13.9. The number of piperidine rings is 3. The number of para-hydroxylation sites is 1. The first kappa shape index (κ1) is 31.8. The van der Waals surface area contributed by atoms with Gasteiger partial charge in [-0.15, -0.1) is 0 Å². The molecule has 3 saturated heterocycles. The zero-order valence-corrected chi connectivity index (χ0v) is 27.3. The minimum absolute atomic E-state index is 0.0411. The lowest BCUT2D eigenvalue weighted by Gasteiger charge is -2.56. The summed E-state index contributed by atoms with van der Waals surface area (Å²) in [5.74, 6) is 1.47. The van der Waals surface area contributed by atoms with Gasteiger partial charge in [-0.2, -0.15) is 0 Å². The van der Waals surface area contributed by atoms with Gasteiger partial charge in [0.2, 0.25) is 0 Å². The van der Waals surface area contributed by atoms with E-state index in [9.17, 15) is 19.5 Å². The Hall–Kier alpha value is -3.15. The van der Waals surface area contributed by atoms with Crippen LogP contribution in [0.5, 0.6) is 5.75 Å². The molecule has 2 atom stereocenters. The number of fused-ring (bicyclic) bond motifs is 1. The molecule has 3 fully saturated rings. The summed E-state index contributed by atoms with van der Waals surface area (Å²) in [6, 6.07) is 12.6. The van der Waals surface area contributed by atoms with Crippen LogP contribution in [0.1, 0.15) is 56.1 Å². The van der Waals surface area contributed by atoms with Gasteiger partial charge in [0.15, 0.2) is 0 Å². The molecule has 0 saturated carbocycles. The summed E-state index contributed by atoms with van der Waals surface area (Å²) in [4.78, 5) is 46.0. The number of likely N-dealkylation sites (tertiary alicyclic amines) is 2. The predicted molar refractivity (Wildman–Crippen MR) is 175 cm³/mol. The second-order valence-electron chi connectivity index (χ2n) is 12.9. The van der Waals surface area contributed by atoms with Crippen LogP contribution >= 0.6 is 15.9 Å². The summed E-state index contributed by atoms with van der Waals surface area (Å²) in [6.45, 7) is 4.72.